The summed E-state index contributed by atoms with van der Waals surface area (Å²) in [5, 5.41) is 8.73. The summed E-state index contributed by atoms with van der Waals surface area (Å²) < 4.78 is 5.85. The molecule has 0 radical (unpaired) electrons. The monoisotopic (exact) mass is 217 g/mol. The summed E-state index contributed by atoms with van der Waals surface area (Å²) in [6.45, 7) is 0.668. The number of nitrogens with two attached hydrogens (primary N) is 1. The van der Waals surface area contributed by atoms with Crippen LogP contribution in [-0.2, 0) is 0 Å². The fourth-order valence-corrected chi connectivity index (χ4v) is 2.15. The summed E-state index contributed by atoms with van der Waals surface area (Å²) in [6, 6.07) is 5.46. The maximum atomic E-state index is 8.73. The fraction of sp³-hybridized carbons (Fsp3) is 0.500. The third kappa shape index (κ3) is 2.31. The first-order valence-electron chi connectivity index (χ1n) is 5.56. The van der Waals surface area contributed by atoms with Crippen LogP contribution < -0.4 is 10.5 Å². The summed E-state index contributed by atoms with van der Waals surface area (Å²) in [4.78, 5) is 3.91. The van der Waals surface area contributed by atoms with Crippen molar-refractivity contribution in [3.05, 3.63) is 24.0 Å². The van der Waals surface area contributed by atoms with Crippen LogP contribution in [0.1, 0.15) is 25.0 Å². The molecule has 1 aromatic heterocycles. The van der Waals surface area contributed by atoms with Crippen LogP contribution in [0.3, 0.4) is 0 Å². The molecule has 16 heavy (non-hydrogen) atoms. The molecule has 1 fully saturated rings. The largest absolute Gasteiger partial charge is 0.490 e. The fourth-order valence-electron chi connectivity index (χ4n) is 2.15. The van der Waals surface area contributed by atoms with Gasteiger partial charge in [-0.05, 0) is 31.9 Å². The van der Waals surface area contributed by atoms with Crippen molar-refractivity contribution in [3.8, 4) is 11.8 Å². The molecule has 2 atom stereocenters. The second-order valence-electron chi connectivity index (χ2n) is 4.07. The summed E-state index contributed by atoms with van der Waals surface area (Å²) in [5.41, 5.74) is 6.08. The van der Waals surface area contributed by atoms with E-state index in [9.17, 15) is 0 Å². The van der Waals surface area contributed by atoms with Crippen LogP contribution in [0, 0.1) is 17.2 Å². The van der Waals surface area contributed by atoms with Gasteiger partial charge in [0.2, 0.25) is 0 Å². The van der Waals surface area contributed by atoms with Gasteiger partial charge in [0.1, 0.15) is 23.6 Å². The first-order valence-corrected chi connectivity index (χ1v) is 5.56. The minimum Gasteiger partial charge on any atom is -0.490 e. The van der Waals surface area contributed by atoms with Gasteiger partial charge in [-0.15, -0.1) is 0 Å². The Morgan fingerprint density at radius 1 is 1.56 bits per heavy atom. The lowest BCUT2D eigenvalue weighted by atomic mass is 10.1. The van der Waals surface area contributed by atoms with E-state index in [2.05, 4.69) is 4.98 Å². The molecule has 1 aliphatic rings. The predicted molar refractivity (Wildman–Crippen MR) is 59.8 cm³/mol. The van der Waals surface area contributed by atoms with Crippen LogP contribution >= 0.6 is 0 Å². The quantitative estimate of drug-likeness (QED) is 0.832. The number of pyridine rings is 1. The average molecular weight is 217 g/mol. The molecule has 0 saturated heterocycles. The van der Waals surface area contributed by atoms with Crippen molar-refractivity contribution in [3.63, 3.8) is 0 Å². The number of nitrogens with zero attached hydrogens (tertiary/aromatic N) is 2. The molecule has 0 aliphatic heterocycles. The number of rotatable bonds is 3. The molecule has 4 heteroatoms. The van der Waals surface area contributed by atoms with E-state index in [0.717, 1.165) is 18.6 Å². The van der Waals surface area contributed by atoms with Crippen LogP contribution in [-0.4, -0.2) is 17.6 Å². The Morgan fingerprint density at radius 2 is 2.44 bits per heavy atom. The van der Waals surface area contributed by atoms with Gasteiger partial charge in [0.25, 0.3) is 0 Å². The van der Waals surface area contributed by atoms with Crippen molar-refractivity contribution in [2.45, 2.75) is 25.4 Å². The lowest BCUT2D eigenvalue weighted by Crippen LogP contribution is -2.27. The Bertz CT molecular complexity index is 399. The Labute approximate surface area is 95.0 Å². The second kappa shape index (κ2) is 4.95. The van der Waals surface area contributed by atoms with E-state index in [1.54, 1.807) is 18.3 Å². The molecule has 2 N–H and O–H groups in total. The zero-order valence-corrected chi connectivity index (χ0v) is 9.10. The Balaban J connectivity index is 2.06. The smallest absolute Gasteiger partial charge is 0.144 e. The average Bonchev–Trinajstić information content (AvgIpc) is 2.76. The molecular weight excluding hydrogens is 202 g/mol. The van der Waals surface area contributed by atoms with E-state index < -0.39 is 0 Å². The lowest BCUT2D eigenvalue weighted by molar-refractivity contribution is 0.162. The van der Waals surface area contributed by atoms with Crippen LogP contribution in [0.5, 0.6) is 5.75 Å². The van der Waals surface area contributed by atoms with Crippen LogP contribution in [0.25, 0.3) is 0 Å². The maximum Gasteiger partial charge on any atom is 0.144 e. The molecular formula is C12H15N3O. The first kappa shape index (κ1) is 10.9. The molecule has 0 bridgehead atoms. The summed E-state index contributed by atoms with van der Waals surface area (Å²) >= 11 is 0. The molecule has 0 spiro atoms. The predicted octanol–water partition coefficient (Wildman–Crippen LogP) is 1.46. The number of aromatic nitrogens is 1. The van der Waals surface area contributed by atoms with Crippen molar-refractivity contribution in [1.82, 2.24) is 4.98 Å². The number of ether oxygens (including phenoxy) is 1. The standard InChI is InChI=1S/C12H15N3O/c13-7-9-2-1-3-12(9)16-11-4-5-15-10(6-11)8-14/h4-6,9,12H,1-3,7,13H2. The van der Waals surface area contributed by atoms with Crippen LogP contribution in [0.4, 0.5) is 0 Å². The molecule has 1 aliphatic carbocycles. The Hall–Kier alpha value is -1.60. The summed E-state index contributed by atoms with van der Waals surface area (Å²) in [6.07, 6.45) is 5.14. The van der Waals surface area contributed by atoms with Gasteiger partial charge in [0.05, 0.1) is 0 Å². The minimum atomic E-state index is 0.193. The Morgan fingerprint density at radius 3 is 3.19 bits per heavy atom. The molecule has 1 aromatic rings. The third-order valence-electron chi connectivity index (χ3n) is 3.03. The van der Waals surface area contributed by atoms with Crippen LogP contribution in [0.2, 0.25) is 0 Å². The molecule has 84 valence electrons. The van der Waals surface area contributed by atoms with Gasteiger partial charge in [-0.3, -0.25) is 0 Å². The molecule has 1 saturated carbocycles. The zero-order chi connectivity index (χ0) is 11.4. The Kier molecular flexibility index (Phi) is 3.37. The highest BCUT2D eigenvalue weighted by Gasteiger charge is 2.27. The molecule has 4 nitrogen and oxygen atoms in total. The number of hydrogen-bond donors (Lipinski definition) is 1. The molecule has 2 rings (SSSR count). The number of hydrogen-bond acceptors (Lipinski definition) is 4. The minimum absolute atomic E-state index is 0.193. The van der Waals surface area contributed by atoms with Crippen molar-refractivity contribution in [2.24, 2.45) is 11.7 Å². The van der Waals surface area contributed by atoms with E-state index in [1.165, 1.54) is 6.42 Å². The molecule has 2 unspecified atom stereocenters. The molecule has 0 aromatic carbocycles. The third-order valence-corrected chi connectivity index (χ3v) is 3.03. The maximum absolute atomic E-state index is 8.73. The van der Waals surface area contributed by atoms with Crippen molar-refractivity contribution < 1.29 is 4.74 Å². The SMILES string of the molecule is N#Cc1cc(OC2CCCC2CN)ccn1. The van der Waals surface area contributed by atoms with E-state index in [1.807, 2.05) is 6.07 Å². The normalized spacial score (nSPS) is 24.0. The number of nitriles is 1. The van der Waals surface area contributed by atoms with Gasteiger partial charge in [-0.25, -0.2) is 4.98 Å². The lowest BCUT2D eigenvalue weighted by Gasteiger charge is -2.19. The van der Waals surface area contributed by atoms with Crippen molar-refractivity contribution >= 4 is 0 Å². The van der Waals surface area contributed by atoms with Crippen LogP contribution in [0.15, 0.2) is 18.3 Å². The van der Waals surface area contributed by atoms with Gasteiger partial charge < -0.3 is 10.5 Å². The van der Waals surface area contributed by atoms with E-state index in [4.69, 9.17) is 15.7 Å². The summed E-state index contributed by atoms with van der Waals surface area (Å²) in [5.74, 6) is 1.16. The first-order chi connectivity index (χ1) is 7.83. The van der Waals surface area contributed by atoms with Crippen molar-refractivity contribution in [1.29, 1.82) is 5.26 Å². The topological polar surface area (TPSA) is 71.9 Å². The van der Waals surface area contributed by atoms with Gasteiger partial charge >= 0.3 is 0 Å². The van der Waals surface area contributed by atoms with Gasteiger partial charge in [0, 0.05) is 18.2 Å². The summed E-state index contributed by atoms with van der Waals surface area (Å²) in [7, 11) is 0. The second-order valence-corrected chi connectivity index (χ2v) is 4.07. The van der Waals surface area contributed by atoms with Gasteiger partial charge in [-0.2, -0.15) is 5.26 Å². The highest BCUT2D eigenvalue weighted by molar-refractivity contribution is 5.29. The van der Waals surface area contributed by atoms with E-state index in [0.29, 0.717) is 18.2 Å². The highest BCUT2D eigenvalue weighted by atomic mass is 16.5. The van der Waals surface area contributed by atoms with Gasteiger partial charge in [-0.1, -0.05) is 0 Å². The highest BCUT2D eigenvalue weighted by Crippen LogP contribution is 2.28. The molecule has 1 heterocycles. The van der Waals surface area contributed by atoms with Gasteiger partial charge in [0.15, 0.2) is 0 Å². The van der Waals surface area contributed by atoms with Crippen molar-refractivity contribution in [2.75, 3.05) is 6.54 Å². The zero-order valence-electron chi connectivity index (χ0n) is 9.10. The molecule has 0 amide bonds. The van der Waals surface area contributed by atoms with E-state index >= 15 is 0 Å². The van der Waals surface area contributed by atoms with E-state index in [-0.39, 0.29) is 6.10 Å².